The molecule has 170 valence electrons. The van der Waals surface area contributed by atoms with Gasteiger partial charge in [-0.1, -0.05) is 54.6 Å². The maximum absolute atomic E-state index is 14.2. The zero-order valence-electron chi connectivity index (χ0n) is 17.5. The average Bonchev–Trinajstić information content (AvgIpc) is 2.77. The van der Waals surface area contributed by atoms with Gasteiger partial charge in [-0.2, -0.15) is 0 Å². The highest BCUT2D eigenvalue weighted by atomic mass is 19.3. The van der Waals surface area contributed by atoms with Gasteiger partial charge in [-0.3, -0.25) is 4.90 Å². The van der Waals surface area contributed by atoms with Gasteiger partial charge in [0.15, 0.2) is 0 Å². The molecule has 1 heterocycles. The predicted octanol–water partition coefficient (Wildman–Crippen LogP) is 3.07. The Balaban J connectivity index is 1.40. The zero-order chi connectivity index (χ0) is 22.3. The molecule has 0 aromatic heterocycles. The normalized spacial score (nSPS) is 22.5. The lowest BCUT2D eigenvalue weighted by Crippen LogP contribution is -2.53. The number of aliphatic hydroxyl groups excluding tert-OH is 3. The summed E-state index contributed by atoms with van der Waals surface area (Å²) in [7, 11) is 0. The number of likely N-dealkylation sites (tertiary alicyclic amines) is 1. The van der Waals surface area contributed by atoms with Gasteiger partial charge in [0.2, 0.25) is 0 Å². The fourth-order valence-electron chi connectivity index (χ4n) is 3.91. The van der Waals surface area contributed by atoms with Gasteiger partial charge in [0.25, 0.3) is 5.92 Å². The van der Waals surface area contributed by atoms with Crippen molar-refractivity contribution in [3.8, 4) is 11.1 Å². The first-order valence-electron chi connectivity index (χ1n) is 10.7. The molecule has 3 rings (SSSR count). The van der Waals surface area contributed by atoms with Crippen LogP contribution in [-0.2, 0) is 11.3 Å². The largest absolute Gasteiger partial charge is 0.395 e. The number of piperidine rings is 1. The lowest BCUT2D eigenvalue weighted by atomic mass is 9.97. The minimum Gasteiger partial charge on any atom is -0.395 e. The van der Waals surface area contributed by atoms with E-state index in [1.807, 2.05) is 54.6 Å². The number of ether oxygens (including phenoxy) is 1. The van der Waals surface area contributed by atoms with E-state index in [1.54, 1.807) is 4.90 Å². The Morgan fingerprint density at radius 2 is 1.65 bits per heavy atom. The van der Waals surface area contributed by atoms with Crippen molar-refractivity contribution in [3.63, 3.8) is 0 Å². The molecule has 0 bridgehead atoms. The summed E-state index contributed by atoms with van der Waals surface area (Å²) in [6.07, 6.45) is -1.69. The summed E-state index contributed by atoms with van der Waals surface area (Å²) in [6.45, 7) is -0.211. The van der Waals surface area contributed by atoms with Crippen molar-refractivity contribution in [2.45, 2.75) is 50.0 Å². The summed E-state index contributed by atoms with van der Waals surface area (Å²) in [5.41, 5.74) is 2.99. The Morgan fingerprint density at radius 3 is 2.32 bits per heavy atom. The number of β-amino-alcohol motifs (C(OH)–C–C–N with tert-alkyl or cyclic N) is 1. The molecule has 0 amide bonds. The van der Waals surface area contributed by atoms with Crippen LogP contribution in [0.4, 0.5) is 8.78 Å². The molecular weight excluding hydrogens is 404 g/mol. The van der Waals surface area contributed by atoms with Crippen LogP contribution in [0.2, 0.25) is 0 Å². The molecule has 2 aromatic rings. The highest BCUT2D eigenvalue weighted by Gasteiger charge is 2.34. The number of hydrogen-bond donors (Lipinski definition) is 3. The van der Waals surface area contributed by atoms with Crippen molar-refractivity contribution >= 4 is 0 Å². The second-order valence-electron chi connectivity index (χ2n) is 8.22. The summed E-state index contributed by atoms with van der Waals surface area (Å²) in [5, 5.41) is 28.9. The molecular formula is C24H31F2NO4. The maximum atomic E-state index is 14.2. The third kappa shape index (κ3) is 7.05. The molecule has 0 radical (unpaired) electrons. The second-order valence-corrected chi connectivity index (χ2v) is 8.22. The summed E-state index contributed by atoms with van der Waals surface area (Å²) in [5.74, 6) is -2.95. The molecule has 3 N–H and O–H groups in total. The van der Waals surface area contributed by atoms with Gasteiger partial charge in [-0.25, -0.2) is 8.78 Å². The molecule has 1 saturated heterocycles. The van der Waals surface area contributed by atoms with E-state index < -0.39 is 24.7 Å². The first-order chi connectivity index (χ1) is 14.9. The lowest BCUT2D eigenvalue weighted by molar-refractivity contribution is -0.0942. The summed E-state index contributed by atoms with van der Waals surface area (Å²) in [6, 6.07) is 17.3. The van der Waals surface area contributed by atoms with E-state index >= 15 is 0 Å². The average molecular weight is 436 g/mol. The Hall–Kier alpha value is -1.90. The van der Waals surface area contributed by atoms with E-state index in [-0.39, 0.29) is 45.1 Å². The van der Waals surface area contributed by atoms with Crippen molar-refractivity contribution in [1.29, 1.82) is 0 Å². The van der Waals surface area contributed by atoms with Crippen molar-refractivity contribution in [1.82, 2.24) is 4.90 Å². The van der Waals surface area contributed by atoms with E-state index in [1.165, 1.54) is 0 Å². The molecule has 1 fully saturated rings. The predicted molar refractivity (Wildman–Crippen MR) is 115 cm³/mol. The van der Waals surface area contributed by atoms with Gasteiger partial charge in [0, 0.05) is 19.0 Å². The molecule has 31 heavy (non-hydrogen) atoms. The van der Waals surface area contributed by atoms with E-state index in [0.29, 0.717) is 6.54 Å². The van der Waals surface area contributed by atoms with Crippen LogP contribution in [-0.4, -0.2) is 70.7 Å². The van der Waals surface area contributed by atoms with Crippen LogP contribution in [0.15, 0.2) is 54.6 Å². The number of hydrogen-bond acceptors (Lipinski definition) is 5. The van der Waals surface area contributed by atoms with Gasteiger partial charge >= 0.3 is 0 Å². The van der Waals surface area contributed by atoms with Crippen LogP contribution in [0.1, 0.15) is 24.8 Å². The van der Waals surface area contributed by atoms with Crippen LogP contribution in [0.5, 0.6) is 0 Å². The van der Waals surface area contributed by atoms with Crippen LogP contribution in [0.25, 0.3) is 11.1 Å². The Morgan fingerprint density at radius 1 is 0.968 bits per heavy atom. The van der Waals surface area contributed by atoms with Crippen molar-refractivity contribution in [2.75, 3.05) is 26.3 Å². The first-order valence-corrected chi connectivity index (χ1v) is 10.7. The number of aliphatic hydroxyl groups is 3. The number of nitrogens with zero attached hydrogens (tertiary/aromatic N) is 1. The third-order valence-electron chi connectivity index (χ3n) is 5.74. The Kier molecular flexibility index (Phi) is 8.51. The van der Waals surface area contributed by atoms with Gasteiger partial charge in [-0.15, -0.1) is 0 Å². The maximum Gasteiger partial charge on any atom is 0.271 e. The van der Waals surface area contributed by atoms with Crippen LogP contribution in [0.3, 0.4) is 0 Å². The number of alkyl halides is 2. The molecule has 0 saturated carbocycles. The highest BCUT2D eigenvalue weighted by molar-refractivity contribution is 5.63. The van der Waals surface area contributed by atoms with Crippen LogP contribution >= 0.6 is 0 Å². The van der Waals surface area contributed by atoms with Gasteiger partial charge in [0.1, 0.15) is 6.61 Å². The van der Waals surface area contributed by atoms with E-state index in [0.717, 1.165) is 16.7 Å². The molecule has 0 aliphatic carbocycles. The van der Waals surface area contributed by atoms with Gasteiger partial charge in [0.05, 0.1) is 25.4 Å². The van der Waals surface area contributed by atoms with Gasteiger partial charge < -0.3 is 20.1 Å². The highest BCUT2D eigenvalue weighted by Crippen LogP contribution is 2.24. The molecule has 0 spiro atoms. The smallest absolute Gasteiger partial charge is 0.271 e. The van der Waals surface area contributed by atoms with Crippen molar-refractivity contribution in [2.24, 2.45) is 0 Å². The number of rotatable bonds is 10. The van der Waals surface area contributed by atoms with E-state index in [9.17, 15) is 24.1 Å². The Bertz CT molecular complexity index is 788. The molecule has 2 aromatic carbocycles. The first kappa shape index (κ1) is 23.8. The minimum absolute atomic E-state index is 0.119. The molecule has 3 atom stereocenters. The SMILES string of the molecule is OC[C@H]1CC(O)[C@@H](O)CN1CCCC(F)(F)COCc1ccc(-c2ccccc2)cc1. The molecule has 1 unspecified atom stereocenters. The topological polar surface area (TPSA) is 73.2 Å². The molecule has 5 nitrogen and oxygen atoms in total. The van der Waals surface area contributed by atoms with Crippen molar-refractivity contribution < 1.29 is 28.8 Å². The molecule has 1 aliphatic rings. The summed E-state index contributed by atoms with van der Waals surface area (Å²) >= 11 is 0. The van der Waals surface area contributed by atoms with Crippen LogP contribution in [0, 0.1) is 0 Å². The van der Waals surface area contributed by atoms with E-state index in [2.05, 4.69) is 0 Å². The van der Waals surface area contributed by atoms with Gasteiger partial charge in [-0.05, 0) is 36.1 Å². The number of halogens is 2. The van der Waals surface area contributed by atoms with Crippen molar-refractivity contribution in [3.05, 3.63) is 60.2 Å². The van der Waals surface area contributed by atoms with E-state index in [4.69, 9.17) is 4.74 Å². The zero-order valence-corrected chi connectivity index (χ0v) is 17.5. The van der Waals surface area contributed by atoms with Crippen LogP contribution < -0.4 is 0 Å². The Labute approximate surface area is 181 Å². The summed E-state index contributed by atoms with van der Waals surface area (Å²) in [4.78, 5) is 1.77. The minimum atomic E-state index is -2.95. The number of benzene rings is 2. The quantitative estimate of drug-likeness (QED) is 0.535. The summed E-state index contributed by atoms with van der Waals surface area (Å²) < 4.78 is 33.7. The fourth-order valence-corrected chi connectivity index (χ4v) is 3.91. The third-order valence-corrected chi connectivity index (χ3v) is 5.74. The lowest BCUT2D eigenvalue weighted by Gasteiger charge is -2.39. The molecule has 1 aliphatic heterocycles. The standard InChI is InChI=1S/C24H31F2NO4/c25-24(26,11-4-12-27-14-23(30)22(29)13-21(27)15-28)17-31-16-18-7-9-20(10-8-18)19-5-2-1-3-6-19/h1-3,5-10,21-23,28-30H,4,11-17H2/t21-,22?,23+/m1/s1. The fraction of sp³-hybridized carbons (Fsp3) is 0.500. The monoisotopic (exact) mass is 435 g/mol. The second kappa shape index (κ2) is 11.1. The molecule has 7 heteroatoms.